The number of carbonyl (C=O) groups excluding carboxylic acids is 2. The minimum absolute atomic E-state index is 0.0199. The molecule has 0 saturated carbocycles. The van der Waals surface area contributed by atoms with Crippen LogP contribution in [0.5, 0.6) is 0 Å². The summed E-state index contributed by atoms with van der Waals surface area (Å²) in [5, 5.41) is 3.23. The van der Waals surface area contributed by atoms with Crippen LogP contribution in [0, 0.1) is 0 Å². The molecule has 7 nitrogen and oxygen atoms in total. The zero-order valence-corrected chi connectivity index (χ0v) is 20.3. The molecule has 3 fully saturated rings. The van der Waals surface area contributed by atoms with Crippen molar-refractivity contribution in [2.75, 3.05) is 34.3 Å². The molecule has 4 aliphatic rings. The maximum Gasteiger partial charge on any atom is 0.409 e. The van der Waals surface area contributed by atoms with E-state index in [9.17, 15) is 9.59 Å². The SMILES string of the molecule is COC(=O)N1C2CCC1CC(N1CCC3(CC[C@@H](NC(=O)N(C)C)c4ccccc43)CC1)C2. The van der Waals surface area contributed by atoms with E-state index in [0.717, 1.165) is 51.6 Å². The summed E-state index contributed by atoms with van der Waals surface area (Å²) >= 11 is 0. The van der Waals surface area contributed by atoms with Crippen LogP contribution in [0.3, 0.4) is 0 Å². The highest BCUT2D eigenvalue weighted by molar-refractivity contribution is 5.74. The van der Waals surface area contributed by atoms with Gasteiger partial charge in [-0.1, -0.05) is 24.3 Å². The largest absolute Gasteiger partial charge is 0.453 e. The summed E-state index contributed by atoms with van der Waals surface area (Å²) in [6, 6.07) is 10.1. The number of methoxy groups -OCH3 is 1. The fourth-order valence-corrected chi connectivity index (χ4v) is 7.11. The van der Waals surface area contributed by atoms with Crippen molar-refractivity contribution in [1.82, 2.24) is 20.0 Å². The molecule has 0 radical (unpaired) electrons. The van der Waals surface area contributed by atoms with Crippen LogP contribution in [0.25, 0.3) is 0 Å². The van der Waals surface area contributed by atoms with Crippen molar-refractivity contribution >= 4 is 12.1 Å². The van der Waals surface area contributed by atoms with Gasteiger partial charge in [0, 0.05) is 32.2 Å². The third-order valence-electron chi connectivity index (χ3n) is 8.89. The van der Waals surface area contributed by atoms with Crippen molar-refractivity contribution in [1.29, 1.82) is 0 Å². The summed E-state index contributed by atoms with van der Waals surface area (Å²) in [4.78, 5) is 30.9. The fraction of sp³-hybridized carbons (Fsp3) is 0.692. The van der Waals surface area contributed by atoms with Crippen molar-refractivity contribution in [3.63, 3.8) is 0 Å². The van der Waals surface area contributed by atoms with Crippen LogP contribution in [-0.2, 0) is 10.2 Å². The molecular weight excluding hydrogens is 416 g/mol. The van der Waals surface area contributed by atoms with E-state index in [1.807, 2.05) is 4.90 Å². The number of piperidine rings is 2. The Labute approximate surface area is 197 Å². The Bertz CT molecular complexity index is 881. The molecule has 3 atom stereocenters. The van der Waals surface area contributed by atoms with Gasteiger partial charge in [0.05, 0.1) is 13.2 Å². The van der Waals surface area contributed by atoms with Gasteiger partial charge >= 0.3 is 12.1 Å². The fourth-order valence-electron chi connectivity index (χ4n) is 7.11. The number of rotatable bonds is 2. The summed E-state index contributed by atoms with van der Waals surface area (Å²) in [6.07, 6.45) is 8.70. The van der Waals surface area contributed by atoms with Gasteiger partial charge in [0.1, 0.15) is 0 Å². The highest BCUT2D eigenvalue weighted by Gasteiger charge is 2.48. The van der Waals surface area contributed by atoms with Gasteiger partial charge < -0.3 is 24.8 Å². The van der Waals surface area contributed by atoms with E-state index in [2.05, 4.69) is 34.5 Å². The first-order chi connectivity index (χ1) is 15.9. The lowest BCUT2D eigenvalue weighted by atomic mass is 9.63. The second-order valence-corrected chi connectivity index (χ2v) is 10.7. The van der Waals surface area contributed by atoms with Crippen LogP contribution < -0.4 is 5.32 Å². The maximum absolute atomic E-state index is 12.3. The molecule has 5 rings (SSSR count). The van der Waals surface area contributed by atoms with E-state index in [4.69, 9.17) is 4.74 Å². The Hall–Kier alpha value is -2.28. The van der Waals surface area contributed by atoms with Crippen molar-refractivity contribution in [2.45, 2.75) is 80.9 Å². The van der Waals surface area contributed by atoms with Crippen molar-refractivity contribution < 1.29 is 14.3 Å². The number of hydrogen-bond acceptors (Lipinski definition) is 4. The number of likely N-dealkylation sites (tertiary alicyclic amines) is 1. The van der Waals surface area contributed by atoms with Gasteiger partial charge in [-0.3, -0.25) is 0 Å². The quantitative estimate of drug-likeness (QED) is 0.736. The van der Waals surface area contributed by atoms with Crippen LogP contribution in [0.1, 0.15) is 68.5 Å². The monoisotopic (exact) mass is 454 g/mol. The molecule has 1 aromatic rings. The average molecular weight is 455 g/mol. The van der Waals surface area contributed by atoms with Crippen LogP contribution >= 0.6 is 0 Å². The number of ether oxygens (including phenoxy) is 1. The molecule has 1 aliphatic carbocycles. The van der Waals surface area contributed by atoms with E-state index < -0.39 is 0 Å². The predicted octanol–water partition coefficient (Wildman–Crippen LogP) is 3.89. The van der Waals surface area contributed by atoms with Gasteiger partial charge in [0.2, 0.25) is 0 Å². The molecule has 3 aliphatic heterocycles. The Kier molecular flexibility index (Phi) is 6.02. The number of carbonyl (C=O) groups is 2. The highest BCUT2D eigenvalue weighted by atomic mass is 16.5. The van der Waals surface area contributed by atoms with Gasteiger partial charge in [0.15, 0.2) is 0 Å². The van der Waals surface area contributed by atoms with Gasteiger partial charge in [-0.2, -0.15) is 0 Å². The first-order valence-corrected chi connectivity index (χ1v) is 12.6. The van der Waals surface area contributed by atoms with Gasteiger partial charge in [-0.15, -0.1) is 0 Å². The number of hydrogen-bond donors (Lipinski definition) is 1. The van der Waals surface area contributed by atoms with E-state index in [1.54, 1.807) is 19.0 Å². The first-order valence-electron chi connectivity index (χ1n) is 12.6. The summed E-state index contributed by atoms with van der Waals surface area (Å²) in [5.74, 6) is 0. The normalized spacial score (nSPS) is 30.6. The smallest absolute Gasteiger partial charge is 0.409 e. The topological polar surface area (TPSA) is 65.1 Å². The molecule has 3 saturated heterocycles. The Morgan fingerprint density at radius 3 is 2.30 bits per heavy atom. The number of nitrogens with zero attached hydrogens (tertiary/aromatic N) is 3. The number of urea groups is 1. The third kappa shape index (κ3) is 3.98. The maximum atomic E-state index is 12.3. The molecule has 1 N–H and O–H groups in total. The Balaban J connectivity index is 1.27. The van der Waals surface area contributed by atoms with Gasteiger partial charge in [-0.05, 0) is 81.0 Å². The molecule has 33 heavy (non-hydrogen) atoms. The number of amides is 3. The average Bonchev–Trinajstić information content (AvgIpc) is 3.10. The molecule has 7 heteroatoms. The molecule has 1 aromatic carbocycles. The number of benzene rings is 1. The summed E-state index contributed by atoms with van der Waals surface area (Å²) < 4.78 is 5.05. The minimum Gasteiger partial charge on any atom is -0.453 e. The van der Waals surface area contributed by atoms with E-state index in [1.165, 1.54) is 31.1 Å². The molecule has 3 heterocycles. The molecular formula is C26H38N4O3. The van der Waals surface area contributed by atoms with E-state index in [-0.39, 0.29) is 23.6 Å². The van der Waals surface area contributed by atoms with Gasteiger partial charge in [-0.25, -0.2) is 9.59 Å². The first kappa shape index (κ1) is 22.5. The lowest BCUT2D eigenvalue weighted by Crippen LogP contribution is -2.55. The molecule has 180 valence electrons. The number of fused-ring (bicyclic) bond motifs is 4. The standard InChI is InChI=1S/C26H38N4O3/c1-28(2)24(31)27-23-10-11-26(22-7-5-4-6-21(22)23)12-14-29(15-13-26)20-16-18-8-9-19(17-20)30(18)25(32)33-3/h4-7,18-20,23H,8-17H2,1-3H3,(H,27,31)/t18?,19?,20?,23-/m1/s1. The second-order valence-electron chi connectivity index (χ2n) is 10.7. The van der Waals surface area contributed by atoms with E-state index in [0.29, 0.717) is 18.1 Å². The Morgan fingerprint density at radius 1 is 1.00 bits per heavy atom. The van der Waals surface area contributed by atoms with Crippen molar-refractivity contribution in [3.05, 3.63) is 35.4 Å². The minimum atomic E-state index is -0.145. The summed E-state index contributed by atoms with van der Waals surface area (Å²) in [5.41, 5.74) is 2.97. The highest BCUT2D eigenvalue weighted by Crippen LogP contribution is 2.49. The molecule has 2 unspecified atom stereocenters. The van der Waals surface area contributed by atoms with Crippen LogP contribution in [0.4, 0.5) is 9.59 Å². The van der Waals surface area contributed by atoms with Crippen molar-refractivity contribution in [3.8, 4) is 0 Å². The second kappa shape index (κ2) is 8.82. The Morgan fingerprint density at radius 2 is 1.67 bits per heavy atom. The molecule has 3 amide bonds. The third-order valence-corrected chi connectivity index (χ3v) is 8.89. The lowest BCUT2D eigenvalue weighted by Gasteiger charge is -2.50. The predicted molar refractivity (Wildman–Crippen MR) is 127 cm³/mol. The zero-order valence-electron chi connectivity index (χ0n) is 20.3. The zero-order chi connectivity index (χ0) is 23.2. The number of nitrogens with one attached hydrogen (secondary N) is 1. The van der Waals surface area contributed by atoms with Gasteiger partial charge in [0.25, 0.3) is 0 Å². The molecule has 0 aromatic heterocycles. The van der Waals surface area contributed by atoms with Crippen LogP contribution in [0.2, 0.25) is 0 Å². The molecule has 1 spiro atoms. The van der Waals surface area contributed by atoms with Crippen molar-refractivity contribution in [2.24, 2.45) is 0 Å². The molecule has 2 bridgehead atoms. The lowest BCUT2D eigenvalue weighted by molar-refractivity contribution is 0.0289. The summed E-state index contributed by atoms with van der Waals surface area (Å²) in [6.45, 7) is 2.23. The summed E-state index contributed by atoms with van der Waals surface area (Å²) in [7, 11) is 5.09. The van der Waals surface area contributed by atoms with E-state index >= 15 is 0 Å². The van der Waals surface area contributed by atoms with Crippen LogP contribution in [-0.4, -0.2) is 79.2 Å². The van der Waals surface area contributed by atoms with Crippen LogP contribution in [0.15, 0.2) is 24.3 Å².